The first-order valence-electron chi connectivity index (χ1n) is 12.8. The van der Waals surface area contributed by atoms with Gasteiger partial charge >= 0.3 is 6.09 Å². The average Bonchev–Trinajstić information content (AvgIpc) is 3.50. The van der Waals surface area contributed by atoms with Gasteiger partial charge in [-0.05, 0) is 76.9 Å². The molecule has 3 amide bonds. The molecule has 1 aromatic heterocycles. The molecule has 208 valence electrons. The second-order valence-corrected chi connectivity index (χ2v) is 9.89. The molecule has 0 fully saturated rings. The molecule has 2 atom stereocenters. The second kappa shape index (κ2) is 12.0. The summed E-state index contributed by atoms with van der Waals surface area (Å²) in [6, 6.07) is 18.3. The number of fused-ring (bicyclic) bond motifs is 1. The highest BCUT2D eigenvalue weighted by Gasteiger charge is 2.35. The predicted octanol–water partition coefficient (Wildman–Crippen LogP) is 4.42. The van der Waals surface area contributed by atoms with Crippen LogP contribution in [0.1, 0.15) is 41.3 Å². The number of nitrogens with zero attached hydrogens (tertiary/aromatic N) is 5. The Labute approximate surface area is 240 Å². The summed E-state index contributed by atoms with van der Waals surface area (Å²) in [7, 11) is 0. The van der Waals surface area contributed by atoms with Crippen molar-refractivity contribution in [3.63, 3.8) is 0 Å². The van der Waals surface area contributed by atoms with Crippen LogP contribution in [-0.4, -0.2) is 54.7 Å². The molecule has 2 unspecified atom stereocenters. The number of hydrogen-bond donors (Lipinski definition) is 3. The Morgan fingerprint density at radius 2 is 1.88 bits per heavy atom. The zero-order valence-electron chi connectivity index (χ0n) is 21.9. The molecule has 1 aliphatic heterocycles. The smallest absolute Gasteiger partial charge is 0.405 e. The van der Waals surface area contributed by atoms with Gasteiger partial charge in [0.25, 0.3) is 5.91 Å². The third-order valence-electron chi connectivity index (χ3n) is 6.82. The average molecular weight is 572 g/mol. The fraction of sp³-hybridized carbons (Fsp3) is 0.172. The fourth-order valence-electron chi connectivity index (χ4n) is 4.82. The van der Waals surface area contributed by atoms with Gasteiger partial charge in [0.1, 0.15) is 12.4 Å². The molecule has 0 saturated carbocycles. The molecule has 4 aromatic rings. The molecular formula is C29H26ClN7O4. The molecule has 1 aliphatic rings. The minimum absolute atomic E-state index is 0.341. The number of nitrogens with one attached hydrogen (secondary N) is 2. The SMILES string of the molecule is CC(NC(=O)O)c1ccc(NC(=O)C2c3ccccc3CCN2C(=O)C=Cc2cc(Cl)ccc2-n2cnnn2)cc1. The summed E-state index contributed by atoms with van der Waals surface area (Å²) in [5, 5.41) is 26.0. The van der Waals surface area contributed by atoms with Gasteiger partial charge in [-0.15, -0.1) is 5.10 Å². The molecule has 11 nitrogen and oxygen atoms in total. The summed E-state index contributed by atoms with van der Waals surface area (Å²) in [4.78, 5) is 39.7. The highest BCUT2D eigenvalue weighted by molar-refractivity contribution is 6.30. The van der Waals surface area contributed by atoms with Crippen molar-refractivity contribution in [1.29, 1.82) is 0 Å². The van der Waals surface area contributed by atoms with Crippen LogP contribution in [0.3, 0.4) is 0 Å². The van der Waals surface area contributed by atoms with E-state index in [1.807, 2.05) is 24.3 Å². The van der Waals surface area contributed by atoms with E-state index in [1.54, 1.807) is 60.4 Å². The largest absolute Gasteiger partial charge is 0.465 e. The fourth-order valence-corrected chi connectivity index (χ4v) is 5.00. The lowest BCUT2D eigenvalue weighted by Crippen LogP contribution is -2.44. The van der Waals surface area contributed by atoms with E-state index in [0.29, 0.717) is 34.9 Å². The van der Waals surface area contributed by atoms with Crippen LogP contribution < -0.4 is 10.6 Å². The van der Waals surface area contributed by atoms with Crippen LogP contribution in [0, 0.1) is 0 Å². The van der Waals surface area contributed by atoms with Gasteiger partial charge in [-0.3, -0.25) is 9.59 Å². The number of rotatable bonds is 7. The number of benzene rings is 3. The quantitative estimate of drug-likeness (QED) is 0.279. The monoisotopic (exact) mass is 571 g/mol. The molecule has 5 rings (SSSR count). The molecular weight excluding hydrogens is 546 g/mol. The molecule has 41 heavy (non-hydrogen) atoms. The van der Waals surface area contributed by atoms with Gasteiger partial charge in [0.2, 0.25) is 5.91 Å². The third kappa shape index (κ3) is 6.25. The Balaban J connectivity index is 1.39. The first-order valence-corrected chi connectivity index (χ1v) is 13.2. The van der Waals surface area contributed by atoms with Crippen molar-refractivity contribution < 1.29 is 19.5 Å². The van der Waals surface area contributed by atoms with Gasteiger partial charge in [-0.2, -0.15) is 4.68 Å². The number of anilines is 1. The number of carbonyl (C=O) groups is 3. The van der Waals surface area contributed by atoms with E-state index in [1.165, 1.54) is 17.1 Å². The lowest BCUT2D eigenvalue weighted by Gasteiger charge is -2.35. The van der Waals surface area contributed by atoms with Crippen LogP contribution in [0.15, 0.2) is 79.1 Å². The number of hydrogen-bond acceptors (Lipinski definition) is 6. The van der Waals surface area contributed by atoms with Gasteiger partial charge < -0.3 is 20.6 Å². The van der Waals surface area contributed by atoms with Gasteiger partial charge in [-0.1, -0.05) is 48.0 Å². The summed E-state index contributed by atoms with van der Waals surface area (Å²) >= 11 is 6.22. The van der Waals surface area contributed by atoms with Gasteiger partial charge in [-0.25, -0.2) is 4.79 Å². The van der Waals surface area contributed by atoms with Crippen molar-refractivity contribution in [3.8, 4) is 5.69 Å². The Morgan fingerprint density at radius 1 is 1.10 bits per heavy atom. The molecule has 0 radical (unpaired) electrons. The highest BCUT2D eigenvalue weighted by atomic mass is 35.5. The van der Waals surface area contributed by atoms with E-state index in [4.69, 9.17) is 16.7 Å². The maximum absolute atomic E-state index is 13.7. The van der Waals surface area contributed by atoms with Crippen molar-refractivity contribution in [2.24, 2.45) is 0 Å². The van der Waals surface area contributed by atoms with Crippen molar-refractivity contribution >= 4 is 41.3 Å². The van der Waals surface area contributed by atoms with Crippen molar-refractivity contribution in [2.45, 2.75) is 25.4 Å². The van der Waals surface area contributed by atoms with Crippen LogP contribution in [-0.2, 0) is 16.0 Å². The maximum atomic E-state index is 13.7. The van der Waals surface area contributed by atoms with Crippen molar-refractivity contribution in [3.05, 3.63) is 106 Å². The summed E-state index contributed by atoms with van der Waals surface area (Å²) in [5.74, 6) is -0.702. The van der Waals surface area contributed by atoms with Crippen molar-refractivity contribution in [2.75, 3.05) is 11.9 Å². The number of carbonyl (C=O) groups excluding carboxylic acids is 2. The summed E-state index contributed by atoms with van der Waals surface area (Å²) in [6.45, 7) is 2.08. The molecule has 0 aliphatic carbocycles. The number of halogens is 1. The predicted molar refractivity (Wildman–Crippen MR) is 152 cm³/mol. The molecule has 0 saturated heterocycles. The number of aromatic nitrogens is 4. The van der Waals surface area contributed by atoms with Gasteiger partial charge in [0.05, 0.1) is 11.7 Å². The van der Waals surface area contributed by atoms with Crippen LogP contribution in [0.4, 0.5) is 10.5 Å². The van der Waals surface area contributed by atoms with Gasteiger partial charge in [0.15, 0.2) is 0 Å². The molecule has 3 aromatic carbocycles. The van der Waals surface area contributed by atoms with E-state index in [0.717, 1.165) is 16.7 Å². The van der Waals surface area contributed by atoms with E-state index in [2.05, 4.69) is 26.2 Å². The van der Waals surface area contributed by atoms with E-state index in [-0.39, 0.29) is 11.8 Å². The number of tetrazole rings is 1. The highest BCUT2D eigenvalue weighted by Crippen LogP contribution is 2.32. The van der Waals surface area contributed by atoms with Crippen LogP contribution >= 0.6 is 11.6 Å². The Morgan fingerprint density at radius 3 is 2.61 bits per heavy atom. The number of carboxylic acid groups (broad SMARTS) is 1. The van der Waals surface area contributed by atoms with Crippen LogP contribution in [0.5, 0.6) is 0 Å². The Bertz CT molecular complexity index is 1610. The van der Waals surface area contributed by atoms with E-state index < -0.39 is 18.2 Å². The third-order valence-corrected chi connectivity index (χ3v) is 7.06. The first-order chi connectivity index (χ1) is 19.8. The first kappa shape index (κ1) is 27.5. The lowest BCUT2D eigenvalue weighted by molar-refractivity contribution is -0.135. The molecule has 3 N–H and O–H groups in total. The van der Waals surface area contributed by atoms with Gasteiger partial charge in [0, 0.05) is 28.9 Å². The normalized spacial score (nSPS) is 15.3. The maximum Gasteiger partial charge on any atom is 0.405 e. The summed E-state index contributed by atoms with van der Waals surface area (Å²) in [6.07, 6.45) is 3.98. The number of amides is 3. The molecule has 12 heteroatoms. The molecule has 0 bridgehead atoms. The summed E-state index contributed by atoms with van der Waals surface area (Å²) < 4.78 is 1.47. The standard InChI is InChI=1S/C29H26ClN7O4/c1-18(32-29(40)41)19-6-10-23(11-7-19)33-28(39)27-24-5-3-2-4-20(24)14-15-36(27)26(38)13-8-21-16-22(30)9-12-25(21)37-17-31-34-35-37/h2-13,16-18,27,32H,14-15H2,1H3,(H,33,39)(H,40,41). The van der Waals surface area contributed by atoms with Crippen LogP contribution in [0.2, 0.25) is 5.02 Å². The second-order valence-electron chi connectivity index (χ2n) is 9.46. The Kier molecular flexibility index (Phi) is 8.06. The minimum Gasteiger partial charge on any atom is -0.465 e. The van der Waals surface area contributed by atoms with E-state index >= 15 is 0 Å². The zero-order valence-corrected chi connectivity index (χ0v) is 22.7. The summed E-state index contributed by atoms with van der Waals surface area (Å²) in [5.41, 5.74) is 4.29. The molecule has 2 heterocycles. The van der Waals surface area contributed by atoms with E-state index in [9.17, 15) is 14.4 Å². The van der Waals surface area contributed by atoms with Crippen LogP contribution in [0.25, 0.3) is 11.8 Å². The Hall–Kier alpha value is -5.03. The van der Waals surface area contributed by atoms with Crippen molar-refractivity contribution in [1.82, 2.24) is 30.4 Å². The lowest BCUT2D eigenvalue weighted by atomic mass is 9.91. The topological polar surface area (TPSA) is 142 Å². The minimum atomic E-state index is -1.12. The zero-order chi connectivity index (χ0) is 28.9. The molecule has 0 spiro atoms.